The van der Waals surface area contributed by atoms with Gasteiger partial charge in [-0.05, 0) is 54.4 Å². The Morgan fingerprint density at radius 1 is 1.00 bits per heavy atom. The van der Waals surface area contributed by atoms with E-state index in [2.05, 4.69) is 32.9 Å². The third-order valence-corrected chi connectivity index (χ3v) is 5.93. The fourth-order valence-electron chi connectivity index (χ4n) is 3.54. The molecule has 2 aromatic rings. The van der Waals surface area contributed by atoms with Gasteiger partial charge in [0.2, 0.25) is 0 Å². The quantitative estimate of drug-likeness (QED) is 0.271. The summed E-state index contributed by atoms with van der Waals surface area (Å²) in [6, 6.07) is 14.3. The van der Waals surface area contributed by atoms with Gasteiger partial charge in [0.15, 0.2) is 14.2 Å². The molecule has 1 atom stereocenters. The van der Waals surface area contributed by atoms with E-state index in [4.69, 9.17) is 0 Å². The first-order valence-corrected chi connectivity index (χ1v) is 10.6. The summed E-state index contributed by atoms with van der Waals surface area (Å²) >= 11 is 0. The molecule has 2 nitrogen and oxygen atoms in total. The zero-order valence-electron chi connectivity index (χ0n) is 17.2. The highest BCUT2D eigenvalue weighted by atomic mass is 31.1. The predicted molar refractivity (Wildman–Crippen MR) is 114 cm³/mol. The Balaban J connectivity index is 1.95. The standard InChI is InChI=1S/C24H31O2P/c1-17-15-20(24(3,4)5)16-18(2)23(17)21(25)13-9-10-14-22(27-26)19-11-7-6-8-12-19/h6-8,11-12,15-16,22H,9-10,13-14H2,1-5H3. The van der Waals surface area contributed by atoms with Crippen molar-refractivity contribution in [2.75, 3.05) is 0 Å². The lowest BCUT2D eigenvalue weighted by molar-refractivity contribution is 0.0978. The molecule has 1 unspecified atom stereocenters. The molecule has 0 radical (unpaired) electrons. The molecule has 0 heterocycles. The second-order valence-electron chi connectivity index (χ2n) is 8.44. The van der Waals surface area contributed by atoms with Gasteiger partial charge >= 0.3 is 0 Å². The van der Waals surface area contributed by atoms with Crippen LogP contribution in [0.4, 0.5) is 0 Å². The molecule has 0 aliphatic rings. The molecule has 3 heteroatoms. The minimum absolute atomic E-state index is 0.0239. The van der Waals surface area contributed by atoms with E-state index in [-0.39, 0.29) is 25.3 Å². The number of unbranched alkanes of at least 4 members (excludes halogenated alkanes) is 1. The van der Waals surface area contributed by atoms with Crippen LogP contribution in [0.2, 0.25) is 0 Å². The van der Waals surface area contributed by atoms with Gasteiger partial charge in [-0.15, -0.1) is 0 Å². The van der Waals surface area contributed by atoms with Gasteiger partial charge in [0.25, 0.3) is 0 Å². The minimum atomic E-state index is 0.0239. The van der Waals surface area contributed by atoms with E-state index in [0.29, 0.717) is 6.42 Å². The van der Waals surface area contributed by atoms with Crippen LogP contribution in [0.1, 0.15) is 84.7 Å². The highest BCUT2D eigenvalue weighted by Gasteiger charge is 2.19. The number of Topliss-reactive ketones (excluding diaryl/α,β-unsaturated/α-hetero) is 1. The van der Waals surface area contributed by atoms with Crippen molar-refractivity contribution in [1.29, 1.82) is 0 Å². The number of hydrogen-bond acceptors (Lipinski definition) is 2. The Morgan fingerprint density at radius 2 is 1.59 bits per heavy atom. The van der Waals surface area contributed by atoms with Crippen LogP contribution in [0.15, 0.2) is 42.5 Å². The molecule has 0 fully saturated rings. The molecule has 27 heavy (non-hydrogen) atoms. The molecule has 2 aromatic carbocycles. The summed E-state index contributed by atoms with van der Waals surface area (Å²) in [5.74, 6) is 0.224. The van der Waals surface area contributed by atoms with Crippen LogP contribution >= 0.6 is 8.46 Å². The van der Waals surface area contributed by atoms with Gasteiger partial charge in [-0.2, -0.15) is 0 Å². The molecule has 0 aromatic heterocycles. The Bertz CT molecular complexity index is 765. The lowest BCUT2D eigenvalue weighted by Gasteiger charge is -2.22. The number of rotatable bonds is 8. The first-order chi connectivity index (χ1) is 12.7. The molecular formula is C24H31O2P. The highest BCUT2D eigenvalue weighted by Crippen LogP contribution is 2.32. The largest absolute Gasteiger partial charge is 0.294 e. The molecule has 0 spiro atoms. The maximum atomic E-state index is 12.8. The van der Waals surface area contributed by atoms with E-state index in [9.17, 15) is 9.36 Å². The Kier molecular flexibility index (Phi) is 7.50. The van der Waals surface area contributed by atoms with E-state index in [1.165, 1.54) is 5.56 Å². The fraction of sp³-hybridized carbons (Fsp3) is 0.458. The van der Waals surface area contributed by atoms with Crippen molar-refractivity contribution in [1.82, 2.24) is 0 Å². The van der Waals surface area contributed by atoms with Gasteiger partial charge in [-0.25, -0.2) is 0 Å². The average molecular weight is 382 g/mol. The third-order valence-electron chi connectivity index (χ3n) is 5.12. The molecule has 144 valence electrons. The van der Waals surface area contributed by atoms with Crippen LogP contribution in [0.5, 0.6) is 0 Å². The Morgan fingerprint density at radius 3 is 2.11 bits per heavy atom. The Labute approximate surface area is 165 Å². The topological polar surface area (TPSA) is 34.1 Å². The van der Waals surface area contributed by atoms with E-state index in [1.54, 1.807) is 0 Å². The second kappa shape index (κ2) is 9.42. The molecule has 0 saturated heterocycles. The van der Waals surface area contributed by atoms with Crippen LogP contribution in [0, 0.1) is 13.8 Å². The lowest BCUT2D eigenvalue weighted by atomic mass is 9.83. The van der Waals surface area contributed by atoms with Gasteiger partial charge in [0, 0.05) is 12.0 Å². The summed E-state index contributed by atoms with van der Waals surface area (Å²) in [7, 11) is 0.155. The molecular weight excluding hydrogens is 351 g/mol. The monoisotopic (exact) mass is 382 g/mol. The predicted octanol–water partition coefficient (Wildman–Crippen LogP) is 7.38. The third kappa shape index (κ3) is 5.84. The van der Waals surface area contributed by atoms with Crippen LogP contribution in [-0.2, 0) is 9.98 Å². The zero-order chi connectivity index (χ0) is 20.0. The number of carbonyl (C=O) groups excluding carboxylic acids is 1. The maximum Gasteiger partial charge on any atom is 0.163 e. The summed E-state index contributed by atoms with van der Waals surface area (Å²) in [6.07, 6.45) is 3.12. The smallest absolute Gasteiger partial charge is 0.163 e. The summed E-state index contributed by atoms with van der Waals surface area (Å²) in [6.45, 7) is 10.7. The van der Waals surface area contributed by atoms with Crippen molar-refractivity contribution < 1.29 is 9.36 Å². The summed E-state index contributed by atoms with van der Waals surface area (Å²) in [5.41, 5.74) is 5.51. The summed E-state index contributed by atoms with van der Waals surface area (Å²) in [4.78, 5) is 12.8. The second-order valence-corrected chi connectivity index (χ2v) is 9.27. The van der Waals surface area contributed by atoms with E-state index >= 15 is 0 Å². The molecule has 0 amide bonds. The maximum absolute atomic E-state index is 12.8. The van der Waals surface area contributed by atoms with Crippen molar-refractivity contribution in [3.63, 3.8) is 0 Å². The number of ketones is 1. The number of aryl methyl sites for hydroxylation is 2. The van der Waals surface area contributed by atoms with Crippen molar-refractivity contribution in [3.05, 3.63) is 70.3 Å². The van der Waals surface area contributed by atoms with Gasteiger partial charge in [0.1, 0.15) is 0 Å². The molecule has 0 bridgehead atoms. The van der Waals surface area contributed by atoms with Crippen LogP contribution in [0.25, 0.3) is 0 Å². The SMILES string of the molecule is Cc1cc(C(C)(C)C)cc(C)c1C(=O)CCCCC(P=O)c1ccccc1. The first-order valence-electron chi connectivity index (χ1n) is 9.76. The van der Waals surface area contributed by atoms with Crippen LogP contribution < -0.4 is 0 Å². The summed E-state index contributed by atoms with van der Waals surface area (Å²) in [5, 5.41) is 0. The van der Waals surface area contributed by atoms with Gasteiger partial charge in [0.05, 0.1) is 5.66 Å². The molecule has 0 saturated carbocycles. The van der Waals surface area contributed by atoms with Gasteiger partial charge in [-0.1, -0.05) is 69.7 Å². The molecule has 0 aliphatic carbocycles. The molecule has 0 N–H and O–H groups in total. The summed E-state index contributed by atoms with van der Waals surface area (Å²) < 4.78 is 11.5. The minimum Gasteiger partial charge on any atom is -0.294 e. The molecule has 2 rings (SSSR count). The normalized spacial score (nSPS) is 12.9. The fourth-order valence-corrected chi connectivity index (χ4v) is 4.12. The van der Waals surface area contributed by atoms with Crippen molar-refractivity contribution in [2.24, 2.45) is 0 Å². The zero-order valence-corrected chi connectivity index (χ0v) is 18.1. The number of benzene rings is 2. The molecule has 0 aliphatic heterocycles. The lowest BCUT2D eigenvalue weighted by Crippen LogP contribution is -2.14. The van der Waals surface area contributed by atoms with Crippen molar-refractivity contribution in [3.8, 4) is 0 Å². The van der Waals surface area contributed by atoms with E-state index in [1.807, 2.05) is 44.2 Å². The van der Waals surface area contributed by atoms with Gasteiger partial charge < -0.3 is 0 Å². The number of carbonyl (C=O) groups is 1. The highest BCUT2D eigenvalue weighted by molar-refractivity contribution is 7.24. The van der Waals surface area contributed by atoms with Crippen LogP contribution in [0.3, 0.4) is 0 Å². The number of hydrogen-bond donors (Lipinski definition) is 0. The van der Waals surface area contributed by atoms with Gasteiger partial charge in [-0.3, -0.25) is 9.36 Å². The van der Waals surface area contributed by atoms with E-state index < -0.39 is 0 Å². The Hall–Kier alpha value is -1.79. The van der Waals surface area contributed by atoms with Crippen molar-refractivity contribution >= 4 is 14.2 Å². The van der Waals surface area contributed by atoms with E-state index in [0.717, 1.165) is 41.5 Å². The van der Waals surface area contributed by atoms with Crippen molar-refractivity contribution in [2.45, 2.75) is 71.4 Å². The van der Waals surface area contributed by atoms with Crippen LogP contribution in [-0.4, -0.2) is 5.78 Å². The first kappa shape index (κ1) is 21.5. The average Bonchev–Trinajstić information content (AvgIpc) is 2.61.